The van der Waals surface area contributed by atoms with Crippen molar-refractivity contribution in [2.75, 3.05) is 11.5 Å². The lowest BCUT2D eigenvalue weighted by molar-refractivity contribution is 0.201. The van der Waals surface area contributed by atoms with Crippen LogP contribution in [-0.4, -0.2) is 25.0 Å². The maximum Gasteiger partial charge on any atom is 0.153 e. The molecule has 90 valence electrons. The lowest BCUT2D eigenvalue weighted by Crippen LogP contribution is -2.17. The van der Waals surface area contributed by atoms with Gasteiger partial charge in [0.15, 0.2) is 9.84 Å². The number of aliphatic hydroxyl groups is 1. The number of unbranched alkanes of at least 4 members (excludes halogenated alkanes) is 1. The van der Waals surface area contributed by atoms with E-state index in [4.69, 9.17) is 0 Å². The summed E-state index contributed by atoms with van der Waals surface area (Å²) in [7, 11) is -3.14. The van der Waals surface area contributed by atoms with E-state index in [1.54, 1.807) is 24.3 Å². The van der Waals surface area contributed by atoms with Gasteiger partial charge in [-0.05, 0) is 12.0 Å². The third-order valence-electron chi connectivity index (χ3n) is 2.41. The second-order valence-corrected chi connectivity index (χ2v) is 6.12. The van der Waals surface area contributed by atoms with E-state index in [0.29, 0.717) is 12.0 Å². The Morgan fingerprint density at radius 3 is 2.44 bits per heavy atom. The summed E-state index contributed by atoms with van der Waals surface area (Å²) in [5.41, 5.74) is 0.655. The van der Waals surface area contributed by atoms with Crippen LogP contribution in [0.5, 0.6) is 0 Å². The molecule has 0 aliphatic carbocycles. The molecular formula is C12H18O3S. The molecule has 1 N–H and O–H groups in total. The smallest absolute Gasteiger partial charge is 0.153 e. The molecule has 0 radical (unpaired) electrons. The molecule has 0 spiro atoms. The normalized spacial score (nSPS) is 13.6. The minimum atomic E-state index is -3.14. The number of aliphatic hydroxyl groups excluding tert-OH is 1. The van der Waals surface area contributed by atoms with E-state index in [1.165, 1.54) is 0 Å². The van der Waals surface area contributed by atoms with Crippen molar-refractivity contribution >= 4 is 9.84 Å². The van der Waals surface area contributed by atoms with E-state index in [0.717, 1.165) is 6.42 Å². The van der Waals surface area contributed by atoms with Crippen LogP contribution in [-0.2, 0) is 9.84 Å². The summed E-state index contributed by atoms with van der Waals surface area (Å²) in [4.78, 5) is 0. The second kappa shape index (κ2) is 6.01. The zero-order valence-electron chi connectivity index (χ0n) is 9.46. The summed E-state index contributed by atoms with van der Waals surface area (Å²) in [6.45, 7) is 1.95. The number of hydrogen-bond donors (Lipinski definition) is 1. The van der Waals surface area contributed by atoms with Gasteiger partial charge in [0, 0.05) is 0 Å². The van der Waals surface area contributed by atoms with Gasteiger partial charge in [-0.25, -0.2) is 8.42 Å². The Balaban J connectivity index is 2.61. The highest BCUT2D eigenvalue weighted by molar-refractivity contribution is 7.91. The molecule has 1 aromatic rings. The minimum Gasteiger partial charge on any atom is -0.387 e. The predicted molar refractivity (Wildman–Crippen MR) is 65.0 cm³/mol. The van der Waals surface area contributed by atoms with Gasteiger partial charge in [0.25, 0.3) is 0 Å². The van der Waals surface area contributed by atoms with Crippen LogP contribution in [0.25, 0.3) is 0 Å². The molecule has 0 saturated carbocycles. The first-order valence-electron chi connectivity index (χ1n) is 5.48. The Bertz CT molecular complexity index is 398. The second-order valence-electron chi connectivity index (χ2n) is 3.89. The lowest BCUT2D eigenvalue weighted by atomic mass is 10.1. The Morgan fingerprint density at radius 1 is 1.25 bits per heavy atom. The SMILES string of the molecule is CCCCS(=O)(=O)C[C@H](O)c1ccccc1. The molecule has 0 heterocycles. The summed E-state index contributed by atoms with van der Waals surface area (Å²) in [6, 6.07) is 8.89. The van der Waals surface area contributed by atoms with Crippen molar-refractivity contribution in [1.82, 2.24) is 0 Å². The van der Waals surface area contributed by atoms with Gasteiger partial charge in [-0.15, -0.1) is 0 Å². The van der Waals surface area contributed by atoms with Gasteiger partial charge in [0.2, 0.25) is 0 Å². The van der Waals surface area contributed by atoms with Crippen LogP contribution in [0.1, 0.15) is 31.4 Å². The Hall–Kier alpha value is -0.870. The first-order valence-corrected chi connectivity index (χ1v) is 7.30. The van der Waals surface area contributed by atoms with Crippen LogP contribution in [0.2, 0.25) is 0 Å². The summed E-state index contributed by atoms with van der Waals surface area (Å²) >= 11 is 0. The molecule has 0 aromatic heterocycles. The molecule has 1 atom stereocenters. The molecule has 0 aliphatic heterocycles. The van der Waals surface area contributed by atoms with Crippen LogP contribution < -0.4 is 0 Å². The standard InChI is InChI=1S/C12H18O3S/c1-2-3-9-16(14,15)10-12(13)11-7-5-4-6-8-11/h4-8,12-13H,2-3,9-10H2,1H3/t12-/m0/s1. The molecule has 0 amide bonds. The predicted octanol–water partition coefficient (Wildman–Crippen LogP) is 1.93. The van der Waals surface area contributed by atoms with Gasteiger partial charge >= 0.3 is 0 Å². The summed E-state index contributed by atoms with van der Waals surface area (Å²) in [6.07, 6.45) is 0.591. The summed E-state index contributed by atoms with van der Waals surface area (Å²) in [5.74, 6) is -0.0234. The molecule has 3 nitrogen and oxygen atoms in total. The van der Waals surface area contributed by atoms with Crippen LogP contribution in [0, 0.1) is 0 Å². The van der Waals surface area contributed by atoms with Crippen molar-refractivity contribution in [1.29, 1.82) is 0 Å². The van der Waals surface area contributed by atoms with Gasteiger partial charge in [0.05, 0.1) is 17.6 Å². The highest BCUT2D eigenvalue weighted by Crippen LogP contribution is 2.15. The quantitative estimate of drug-likeness (QED) is 0.829. The van der Waals surface area contributed by atoms with E-state index in [1.807, 2.05) is 13.0 Å². The monoisotopic (exact) mass is 242 g/mol. The average Bonchev–Trinajstić information content (AvgIpc) is 2.27. The van der Waals surface area contributed by atoms with Crippen molar-refractivity contribution in [3.63, 3.8) is 0 Å². The van der Waals surface area contributed by atoms with E-state index < -0.39 is 15.9 Å². The largest absolute Gasteiger partial charge is 0.387 e. The molecule has 1 aromatic carbocycles. The molecule has 0 bridgehead atoms. The van der Waals surface area contributed by atoms with Gasteiger partial charge in [0.1, 0.15) is 0 Å². The fourth-order valence-corrected chi connectivity index (χ4v) is 3.03. The van der Waals surface area contributed by atoms with Crippen molar-refractivity contribution < 1.29 is 13.5 Å². The topological polar surface area (TPSA) is 54.4 Å². The summed E-state index contributed by atoms with van der Waals surface area (Å²) < 4.78 is 23.2. The highest BCUT2D eigenvalue weighted by Gasteiger charge is 2.17. The fourth-order valence-electron chi connectivity index (χ4n) is 1.46. The van der Waals surface area contributed by atoms with E-state index >= 15 is 0 Å². The van der Waals surface area contributed by atoms with Crippen LogP contribution in [0.15, 0.2) is 30.3 Å². The fraction of sp³-hybridized carbons (Fsp3) is 0.500. The third-order valence-corrected chi connectivity index (χ3v) is 4.14. The first kappa shape index (κ1) is 13.2. The van der Waals surface area contributed by atoms with Gasteiger partial charge in [-0.2, -0.15) is 0 Å². The lowest BCUT2D eigenvalue weighted by Gasteiger charge is -2.11. The van der Waals surface area contributed by atoms with E-state index in [2.05, 4.69) is 0 Å². The molecule has 0 unspecified atom stereocenters. The van der Waals surface area contributed by atoms with Crippen LogP contribution >= 0.6 is 0 Å². The molecule has 16 heavy (non-hydrogen) atoms. The molecular weight excluding hydrogens is 224 g/mol. The molecule has 1 rings (SSSR count). The number of rotatable bonds is 6. The van der Waals surface area contributed by atoms with Crippen LogP contribution in [0.4, 0.5) is 0 Å². The zero-order valence-corrected chi connectivity index (χ0v) is 10.3. The Morgan fingerprint density at radius 2 is 1.88 bits per heavy atom. The van der Waals surface area contributed by atoms with E-state index in [-0.39, 0.29) is 11.5 Å². The molecule has 0 saturated heterocycles. The zero-order chi connectivity index (χ0) is 12.0. The van der Waals surface area contributed by atoms with Crippen molar-refractivity contribution in [2.45, 2.75) is 25.9 Å². The maximum absolute atomic E-state index is 11.6. The minimum absolute atomic E-state index is 0.160. The number of sulfone groups is 1. The molecule has 0 aliphatic rings. The molecule has 4 heteroatoms. The van der Waals surface area contributed by atoms with Gasteiger partial charge in [-0.1, -0.05) is 43.7 Å². The van der Waals surface area contributed by atoms with Gasteiger partial charge < -0.3 is 5.11 Å². The number of hydrogen-bond acceptors (Lipinski definition) is 3. The van der Waals surface area contributed by atoms with Crippen LogP contribution in [0.3, 0.4) is 0 Å². The summed E-state index contributed by atoms with van der Waals surface area (Å²) in [5, 5.41) is 9.78. The third kappa shape index (κ3) is 4.33. The number of benzene rings is 1. The first-order chi connectivity index (χ1) is 7.55. The van der Waals surface area contributed by atoms with Crippen molar-refractivity contribution in [3.05, 3.63) is 35.9 Å². The van der Waals surface area contributed by atoms with E-state index in [9.17, 15) is 13.5 Å². The highest BCUT2D eigenvalue weighted by atomic mass is 32.2. The van der Waals surface area contributed by atoms with Gasteiger partial charge in [-0.3, -0.25) is 0 Å². The molecule has 0 fully saturated rings. The Labute approximate surface area is 97.0 Å². The Kier molecular flexibility index (Phi) is 4.96. The van der Waals surface area contributed by atoms with Crippen molar-refractivity contribution in [3.8, 4) is 0 Å². The average molecular weight is 242 g/mol. The maximum atomic E-state index is 11.6. The van der Waals surface area contributed by atoms with Crippen molar-refractivity contribution in [2.24, 2.45) is 0 Å².